The molecular formula is C20H25ClN2O3S. The van der Waals surface area contributed by atoms with E-state index >= 15 is 0 Å². The van der Waals surface area contributed by atoms with Gasteiger partial charge in [0.15, 0.2) is 0 Å². The van der Waals surface area contributed by atoms with Gasteiger partial charge in [-0.2, -0.15) is 0 Å². The molecule has 1 unspecified atom stereocenters. The number of nitrogens with one attached hydrogen (secondary N) is 1. The van der Waals surface area contributed by atoms with Crippen molar-refractivity contribution in [3.05, 3.63) is 58.1 Å². The molecule has 0 fully saturated rings. The van der Waals surface area contributed by atoms with E-state index in [1.807, 2.05) is 32.9 Å². The molecular weight excluding hydrogens is 384 g/mol. The number of amides is 1. The average molecular weight is 409 g/mol. The van der Waals surface area contributed by atoms with Crippen LogP contribution in [0.2, 0.25) is 5.02 Å². The van der Waals surface area contributed by atoms with Crippen LogP contribution < -0.4 is 9.62 Å². The number of nitrogens with zero attached hydrogens (tertiary/aromatic N) is 1. The third-order valence-electron chi connectivity index (χ3n) is 4.39. The van der Waals surface area contributed by atoms with E-state index in [1.54, 1.807) is 31.2 Å². The quantitative estimate of drug-likeness (QED) is 0.767. The Balaban J connectivity index is 2.48. The van der Waals surface area contributed by atoms with Crippen molar-refractivity contribution in [2.75, 3.05) is 15.9 Å². The van der Waals surface area contributed by atoms with Crippen LogP contribution in [0.15, 0.2) is 36.4 Å². The first-order valence-electron chi connectivity index (χ1n) is 8.68. The standard InChI is InChI=1S/C20H25ClN2O3S/c1-6-18(20(24)22-17-12-16(21)10-9-14(17)3)23(27(5,25)26)19-11-13(2)7-8-15(19)4/h7-12,18H,6H2,1-5H3,(H,22,24). The van der Waals surface area contributed by atoms with Crippen LogP contribution in [0, 0.1) is 20.8 Å². The van der Waals surface area contributed by atoms with Gasteiger partial charge < -0.3 is 5.32 Å². The number of carbonyl (C=O) groups excluding carboxylic acids is 1. The summed E-state index contributed by atoms with van der Waals surface area (Å²) in [7, 11) is -3.68. The van der Waals surface area contributed by atoms with Gasteiger partial charge >= 0.3 is 0 Å². The minimum Gasteiger partial charge on any atom is -0.324 e. The summed E-state index contributed by atoms with van der Waals surface area (Å²) >= 11 is 6.03. The molecule has 2 aromatic carbocycles. The van der Waals surface area contributed by atoms with Gasteiger partial charge in [0.1, 0.15) is 6.04 Å². The minimum absolute atomic E-state index is 0.325. The molecule has 146 valence electrons. The van der Waals surface area contributed by atoms with Gasteiger partial charge in [0.25, 0.3) is 0 Å². The number of hydrogen-bond donors (Lipinski definition) is 1. The van der Waals surface area contributed by atoms with Crippen LogP contribution >= 0.6 is 11.6 Å². The van der Waals surface area contributed by atoms with Gasteiger partial charge in [-0.25, -0.2) is 8.42 Å². The number of benzene rings is 2. The predicted molar refractivity (Wildman–Crippen MR) is 112 cm³/mol. The van der Waals surface area contributed by atoms with Crippen molar-refractivity contribution in [2.45, 2.75) is 40.2 Å². The summed E-state index contributed by atoms with van der Waals surface area (Å²) in [5.74, 6) is -0.394. The number of hydrogen-bond acceptors (Lipinski definition) is 3. The molecule has 0 aliphatic carbocycles. The van der Waals surface area contributed by atoms with Crippen LogP contribution in [0.5, 0.6) is 0 Å². The second kappa shape index (κ2) is 8.31. The Morgan fingerprint density at radius 2 is 1.74 bits per heavy atom. The number of sulfonamides is 1. The monoisotopic (exact) mass is 408 g/mol. The van der Waals surface area contributed by atoms with E-state index in [2.05, 4.69) is 5.32 Å². The number of rotatable bonds is 6. The Labute approximate surface area is 166 Å². The van der Waals surface area contributed by atoms with E-state index in [1.165, 1.54) is 4.31 Å². The first-order valence-corrected chi connectivity index (χ1v) is 10.9. The van der Waals surface area contributed by atoms with E-state index in [0.29, 0.717) is 22.8 Å². The topological polar surface area (TPSA) is 66.5 Å². The van der Waals surface area contributed by atoms with Gasteiger partial charge in [-0.05, 0) is 62.1 Å². The summed E-state index contributed by atoms with van der Waals surface area (Å²) in [6.07, 6.45) is 1.45. The summed E-state index contributed by atoms with van der Waals surface area (Å²) in [5.41, 5.74) is 3.64. The molecule has 2 aromatic rings. The highest BCUT2D eigenvalue weighted by atomic mass is 35.5. The highest BCUT2D eigenvalue weighted by Gasteiger charge is 2.32. The largest absolute Gasteiger partial charge is 0.324 e. The SMILES string of the molecule is CCC(C(=O)Nc1cc(Cl)ccc1C)N(c1cc(C)ccc1C)S(C)(=O)=O. The summed E-state index contributed by atoms with van der Waals surface area (Å²) in [4.78, 5) is 13.0. The van der Waals surface area contributed by atoms with Crippen molar-refractivity contribution < 1.29 is 13.2 Å². The Morgan fingerprint density at radius 1 is 1.11 bits per heavy atom. The van der Waals surface area contributed by atoms with Gasteiger partial charge in [0.05, 0.1) is 11.9 Å². The zero-order chi connectivity index (χ0) is 20.4. The minimum atomic E-state index is -3.68. The molecule has 1 atom stereocenters. The number of carbonyl (C=O) groups is 1. The first-order chi connectivity index (χ1) is 12.5. The number of halogens is 1. The van der Waals surface area contributed by atoms with Crippen LogP contribution in [0.3, 0.4) is 0 Å². The Hall–Kier alpha value is -2.05. The molecule has 0 bridgehead atoms. The molecule has 7 heteroatoms. The highest BCUT2D eigenvalue weighted by Crippen LogP contribution is 2.28. The number of anilines is 2. The van der Waals surface area contributed by atoms with Gasteiger partial charge in [-0.3, -0.25) is 9.10 Å². The summed E-state index contributed by atoms with van der Waals surface area (Å²) in [6.45, 7) is 7.36. The fraction of sp³-hybridized carbons (Fsp3) is 0.350. The lowest BCUT2D eigenvalue weighted by Gasteiger charge is -2.31. The molecule has 1 amide bonds. The second-order valence-electron chi connectivity index (χ2n) is 6.72. The molecule has 1 N–H and O–H groups in total. The third kappa shape index (κ3) is 5.02. The zero-order valence-corrected chi connectivity index (χ0v) is 17.8. The van der Waals surface area contributed by atoms with E-state index in [-0.39, 0.29) is 0 Å². The molecule has 27 heavy (non-hydrogen) atoms. The van der Waals surface area contributed by atoms with Gasteiger partial charge in [0, 0.05) is 10.7 Å². The summed E-state index contributed by atoms with van der Waals surface area (Å²) in [6, 6.07) is 9.88. The Kier molecular flexibility index (Phi) is 6.54. The van der Waals surface area contributed by atoms with Crippen molar-refractivity contribution in [3.8, 4) is 0 Å². The second-order valence-corrected chi connectivity index (χ2v) is 9.02. The lowest BCUT2D eigenvalue weighted by atomic mass is 10.1. The molecule has 2 rings (SSSR count). The first kappa shape index (κ1) is 21.3. The highest BCUT2D eigenvalue weighted by molar-refractivity contribution is 7.92. The van der Waals surface area contributed by atoms with E-state index in [4.69, 9.17) is 11.6 Å². The van der Waals surface area contributed by atoms with Crippen LogP contribution in [0.4, 0.5) is 11.4 Å². The molecule has 0 aromatic heterocycles. The molecule has 0 aliphatic rings. The normalized spacial score (nSPS) is 12.5. The maximum Gasteiger partial charge on any atom is 0.248 e. The van der Waals surface area contributed by atoms with Crippen LogP contribution in [-0.4, -0.2) is 26.6 Å². The smallest absolute Gasteiger partial charge is 0.248 e. The van der Waals surface area contributed by atoms with E-state index < -0.39 is 22.0 Å². The van der Waals surface area contributed by atoms with Crippen LogP contribution in [0.25, 0.3) is 0 Å². The average Bonchev–Trinajstić information content (AvgIpc) is 2.57. The lowest BCUT2D eigenvalue weighted by Crippen LogP contribution is -2.47. The summed E-state index contributed by atoms with van der Waals surface area (Å²) in [5, 5.41) is 3.33. The van der Waals surface area contributed by atoms with Crippen molar-refractivity contribution in [2.24, 2.45) is 0 Å². The lowest BCUT2D eigenvalue weighted by molar-refractivity contribution is -0.117. The predicted octanol–water partition coefficient (Wildman–Crippen LogP) is 4.45. The van der Waals surface area contributed by atoms with Gasteiger partial charge in [-0.1, -0.05) is 36.7 Å². The molecule has 0 saturated carbocycles. The van der Waals surface area contributed by atoms with Crippen LogP contribution in [0.1, 0.15) is 30.0 Å². The molecule has 0 heterocycles. The fourth-order valence-corrected chi connectivity index (χ4v) is 4.37. The summed E-state index contributed by atoms with van der Waals surface area (Å²) < 4.78 is 26.4. The van der Waals surface area contributed by atoms with Crippen molar-refractivity contribution in [3.63, 3.8) is 0 Å². The van der Waals surface area contributed by atoms with Gasteiger partial charge in [-0.15, -0.1) is 0 Å². The van der Waals surface area contributed by atoms with Crippen molar-refractivity contribution >= 4 is 38.9 Å². The van der Waals surface area contributed by atoms with Crippen molar-refractivity contribution in [1.29, 1.82) is 0 Å². The third-order valence-corrected chi connectivity index (χ3v) is 5.79. The maximum atomic E-state index is 13.0. The van der Waals surface area contributed by atoms with Crippen LogP contribution in [-0.2, 0) is 14.8 Å². The maximum absolute atomic E-state index is 13.0. The fourth-order valence-electron chi connectivity index (χ4n) is 2.94. The Bertz CT molecular complexity index is 958. The molecule has 0 spiro atoms. The Morgan fingerprint density at radius 3 is 2.33 bits per heavy atom. The number of aryl methyl sites for hydroxylation is 3. The van der Waals surface area contributed by atoms with E-state index in [0.717, 1.165) is 22.9 Å². The molecule has 0 saturated heterocycles. The van der Waals surface area contributed by atoms with Crippen molar-refractivity contribution in [1.82, 2.24) is 0 Å². The van der Waals surface area contributed by atoms with E-state index in [9.17, 15) is 13.2 Å². The molecule has 0 aliphatic heterocycles. The zero-order valence-electron chi connectivity index (χ0n) is 16.2. The van der Waals surface area contributed by atoms with Gasteiger partial charge in [0.2, 0.25) is 15.9 Å². The molecule has 5 nitrogen and oxygen atoms in total. The molecule has 0 radical (unpaired) electrons.